The molecule has 1 aromatic heterocycles. The summed E-state index contributed by atoms with van der Waals surface area (Å²) in [6, 6.07) is 0.0150. The second-order valence-corrected chi connectivity index (χ2v) is 3.71. The lowest BCUT2D eigenvalue weighted by molar-refractivity contribution is 0.731. The van der Waals surface area contributed by atoms with E-state index >= 15 is 0 Å². The van der Waals surface area contributed by atoms with Crippen molar-refractivity contribution in [1.29, 1.82) is 0 Å². The lowest BCUT2D eigenvalue weighted by Crippen LogP contribution is -2.10. The van der Waals surface area contributed by atoms with E-state index in [1.807, 2.05) is 20.0 Å². The maximum Gasteiger partial charge on any atom is 0.131 e. The number of hydrogen-bond donors (Lipinski definition) is 1. The second kappa shape index (κ2) is 3.83. The molecule has 1 rings (SSSR count). The molecule has 1 atom stereocenters. The molecular weight excluding hydrogens is 162 g/mol. The SMILES string of the molecule is Cc1nc(C(C)C)ncc1[C@@H](C)N. The summed E-state index contributed by atoms with van der Waals surface area (Å²) in [5, 5.41) is 0. The van der Waals surface area contributed by atoms with Gasteiger partial charge in [-0.05, 0) is 13.8 Å². The van der Waals surface area contributed by atoms with Gasteiger partial charge in [0, 0.05) is 29.4 Å². The van der Waals surface area contributed by atoms with E-state index in [4.69, 9.17) is 5.73 Å². The van der Waals surface area contributed by atoms with Gasteiger partial charge in [-0.15, -0.1) is 0 Å². The molecule has 0 aromatic carbocycles. The maximum atomic E-state index is 5.76. The van der Waals surface area contributed by atoms with Gasteiger partial charge in [-0.25, -0.2) is 9.97 Å². The quantitative estimate of drug-likeness (QED) is 0.754. The zero-order valence-electron chi connectivity index (χ0n) is 8.70. The van der Waals surface area contributed by atoms with E-state index in [-0.39, 0.29) is 6.04 Å². The summed E-state index contributed by atoms with van der Waals surface area (Å²) >= 11 is 0. The fourth-order valence-corrected chi connectivity index (χ4v) is 1.22. The predicted molar refractivity (Wildman–Crippen MR) is 53.5 cm³/mol. The van der Waals surface area contributed by atoms with Crippen molar-refractivity contribution in [2.24, 2.45) is 5.73 Å². The smallest absolute Gasteiger partial charge is 0.131 e. The fraction of sp³-hybridized carbons (Fsp3) is 0.600. The van der Waals surface area contributed by atoms with Crippen LogP contribution >= 0.6 is 0 Å². The molecule has 0 unspecified atom stereocenters. The van der Waals surface area contributed by atoms with Gasteiger partial charge in [-0.3, -0.25) is 0 Å². The Kier molecular flexibility index (Phi) is 2.98. The van der Waals surface area contributed by atoms with Gasteiger partial charge in [0.1, 0.15) is 5.82 Å². The van der Waals surface area contributed by atoms with Crippen LogP contribution in [0.25, 0.3) is 0 Å². The van der Waals surface area contributed by atoms with Crippen LogP contribution in [0, 0.1) is 6.92 Å². The predicted octanol–water partition coefficient (Wildman–Crippen LogP) is 1.93. The van der Waals surface area contributed by atoms with E-state index in [9.17, 15) is 0 Å². The number of nitrogens with two attached hydrogens (primary N) is 1. The third-order valence-corrected chi connectivity index (χ3v) is 2.04. The minimum absolute atomic E-state index is 0.0150. The lowest BCUT2D eigenvalue weighted by Gasteiger charge is -2.10. The zero-order valence-corrected chi connectivity index (χ0v) is 8.70. The molecule has 1 aromatic rings. The number of rotatable bonds is 2. The van der Waals surface area contributed by atoms with Gasteiger partial charge < -0.3 is 5.73 Å². The van der Waals surface area contributed by atoms with E-state index in [1.54, 1.807) is 0 Å². The standard InChI is InChI=1S/C10H17N3/c1-6(2)10-12-5-9(7(3)11)8(4)13-10/h5-7H,11H2,1-4H3/t7-/m1/s1. The Morgan fingerprint density at radius 1 is 1.31 bits per heavy atom. The van der Waals surface area contributed by atoms with Gasteiger partial charge in [0.2, 0.25) is 0 Å². The summed E-state index contributed by atoms with van der Waals surface area (Å²) < 4.78 is 0. The van der Waals surface area contributed by atoms with Crippen LogP contribution in [0.3, 0.4) is 0 Å². The number of aromatic nitrogens is 2. The molecule has 0 fully saturated rings. The molecule has 0 bridgehead atoms. The summed E-state index contributed by atoms with van der Waals surface area (Å²) in [6.07, 6.45) is 1.84. The highest BCUT2D eigenvalue weighted by atomic mass is 14.9. The Morgan fingerprint density at radius 2 is 1.92 bits per heavy atom. The number of aryl methyl sites for hydroxylation is 1. The molecule has 0 radical (unpaired) electrons. The molecular formula is C10H17N3. The Morgan fingerprint density at radius 3 is 2.31 bits per heavy atom. The third-order valence-electron chi connectivity index (χ3n) is 2.04. The number of hydrogen-bond acceptors (Lipinski definition) is 3. The van der Waals surface area contributed by atoms with Crippen LogP contribution in [-0.2, 0) is 0 Å². The van der Waals surface area contributed by atoms with Crippen molar-refractivity contribution in [3.8, 4) is 0 Å². The first-order valence-electron chi connectivity index (χ1n) is 4.61. The summed E-state index contributed by atoms with van der Waals surface area (Å²) in [4.78, 5) is 8.67. The summed E-state index contributed by atoms with van der Waals surface area (Å²) in [5.74, 6) is 1.27. The largest absolute Gasteiger partial charge is 0.324 e. The molecule has 0 amide bonds. The van der Waals surface area contributed by atoms with E-state index in [1.165, 1.54) is 0 Å². The van der Waals surface area contributed by atoms with E-state index in [0.717, 1.165) is 17.1 Å². The zero-order chi connectivity index (χ0) is 10.0. The van der Waals surface area contributed by atoms with Crippen LogP contribution < -0.4 is 5.73 Å². The van der Waals surface area contributed by atoms with Gasteiger partial charge in [-0.1, -0.05) is 13.8 Å². The molecule has 2 N–H and O–H groups in total. The topological polar surface area (TPSA) is 51.8 Å². The highest BCUT2D eigenvalue weighted by Crippen LogP contribution is 2.15. The van der Waals surface area contributed by atoms with Gasteiger partial charge in [0.25, 0.3) is 0 Å². The Labute approximate surface area is 79.4 Å². The van der Waals surface area contributed by atoms with E-state index in [2.05, 4.69) is 23.8 Å². The van der Waals surface area contributed by atoms with Crippen LogP contribution in [0.2, 0.25) is 0 Å². The van der Waals surface area contributed by atoms with Crippen molar-refractivity contribution in [1.82, 2.24) is 9.97 Å². The molecule has 0 aliphatic heterocycles. The highest BCUT2D eigenvalue weighted by molar-refractivity contribution is 5.19. The number of nitrogens with zero attached hydrogens (tertiary/aromatic N) is 2. The van der Waals surface area contributed by atoms with Crippen molar-refractivity contribution in [2.45, 2.75) is 39.7 Å². The molecule has 0 aliphatic carbocycles. The summed E-state index contributed by atoms with van der Waals surface area (Å²) in [5.41, 5.74) is 7.79. The van der Waals surface area contributed by atoms with Crippen LogP contribution in [0.4, 0.5) is 0 Å². The summed E-state index contributed by atoms with van der Waals surface area (Å²) in [6.45, 7) is 8.09. The van der Waals surface area contributed by atoms with Crippen molar-refractivity contribution in [3.63, 3.8) is 0 Å². The Balaban J connectivity index is 3.06. The Bertz CT molecular complexity index is 292. The third kappa shape index (κ3) is 2.25. The van der Waals surface area contributed by atoms with Crippen molar-refractivity contribution < 1.29 is 0 Å². The van der Waals surface area contributed by atoms with Crippen molar-refractivity contribution in [2.75, 3.05) is 0 Å². The molecule has 0 saturated carbocycles. The second-order valence-electron chi connectivity index (χ2n) is 3.71. The normalized spacial score (nSPS) is 13.4. The highest BCUT2D eigenvalue weighted by Gasteiger charge is 2.08. The molecule has 72 valence electrons. The molecule has 0 spiro atoms. The molecule has 13 heavy (non-hydrogen) atoms. The van der Waals surface area contributed by atoms with Crippen LogP contribution in [0.1, 0.15) is 49.8 Å². The first-order chi connectivity index (χ1) is 6.02. The average molecular weight is 179 g/mol. The van der Waals surface area contributed by atoms with Crippen LogP contribution in [0.15, 0.2) is 6.20 Å². The average Bonchev–Trinajstić information content (AvgIpc) is 2.03. The minimum atomic E-state index is 0.0150. The molecule has 3 heteroatoms. The van der Waals surface area contributed by atoms with Gasteiger partial charge >= 0.3 is 0 Å². The van der Waals surface area contributed by atoms with Gasteiger partial charge in [-0.2, -0.15) is 0 Å². The van der Waals surface area contributed by atoms with Gasteiger partial charge in [0.15, 0.2) is 0 Å². The monoisotopic (exact) mass is 179 g/mol. The van der Waals surface area contributed by atoms with Crippen molar-refractivity contribution >= 4 is 0 Å². The first-order valence-corrected chi connectivity index (χ1v) is 4.61. The van der Waals surface area contributed by atoms with E-state index in [0.29, 0.717) is 5.92 Å². The van der Waals surface area contributed by atoms with Crippen LogP contribution in [0.5, 0.6) is 0 Å². The van der Waals surface area contributed by atoms with Crippen molar-refractivity contribution in [3.05, 3.63) is 23.3 Å². The van der Waals surface area contributed by atoms with Gasteiger partial charge in [0.05, 0.1) is 0 Å². The van der Waals surface area contributed by atoms with Crippen LogP contribution in [-0.4, -0.2) is 9.97 Å². The first kappa shape index (κ1) is 10.1. The minimum Gasteiger partial charge on any atom is -0.324 e. The lowest BCUT2D eigenvalue weighted by atomic mass is 10.1. The summed E-state index contributed by atoms with van der Waals surface area (Å²) in [7, 11) is 0. The molecule has 0 aliphatic rings. The molecule has 1 heterocycles. The van der Waals surface area contributed by atoms with E-state index < -0.39 is 0 Å². The Hall–Kier alpha value is -0.960. The molecule has 3 nitrogen and oxygen atoms in total. The fourth-order valence-electron chi connectivity index (χ4n) is 1.22. The molecule has 0 saturated heterocycles. The maximum absolute atomic E-state index is 5.76.